The number of benzene rings is 2. The number of anilines is 2. The maximum Gasteiger partial charge on any atom is 0.243 e. The molecule has 2 aromatic rings. The van der Waals surface area contributed by atoms with E-state index in [-0.39, 0.29) is 29.0 Å². The lowest BCUT2D eigenvalue weighted by Crippen LogP contribution is -2.31. The van der Waals surface area contributed by atoms with Gasteiger partial charge >= 0.3 is 0 Å². The SMILES string of the molecule is CCOc1ccc(S(=O)(=O)N(CC)CC)cc1NC(=O)CCC1Cc2ccccc2NC1=O. The van der Waals surface area contributed by atoms with E-state index in [0.29, 0.717) is 44.0 Å². The van der Waals surface area contributed by atoms with E-state index in [9.17, 15) is 18.0 Å². The molecule has 1 unspecified atom stereocenters. The lowest BCUT2D eigenvalue weighted by molar-refractivity contribution is -0.121. The van der Waals surface area contributed by atoms with Crippen molar-refractivity contribution in [2.24, 2.45) is 5.92 Å². The number of ether oxygens (including phenoxy) is 1. The molecule has 0 saturated heterocycles. The third kappa shape index (κ3) is 5.72. The molecule has 33 heavy (non-hydrogen) atoms. The van der Waals surface area contributed by atoms with Crippen LogP contribution in [0.5, 0.6) is 5.75 Å². The van der Waals surface area contributed by atoms with E-state index in [1.54, 1.807) is 19.9 Å². The van der Waals surface area contributed by atoms with Gasteiger partial charge in [-0.2, -0.15) is 4.31 Å². The van der Waals surface area contributed by atoms with Gasteiger partial charge in [0.2, 0.25) is 21.8 Å². The van der Waals surface area contributed by atoms with Crippen molar-refractivity contribution in [3.05, 3.63) is 48.0 Å². The van der Waals surface area contributed by atoms with Crippen molar-refractivity contribution < 1.29 is 22.7 Å². The number of para-hydroxylation sites is 1. The Morgan fingerprint density at radius 1 is 1.15 bits per heavy atom. The van der Waals surface area contributed by atoms with Crippen molar-refractivity contribution in [1.82, 2.24) is 4.31 Å². The maximum absolute atomic E-state index is 12.9. The summed E-state index contributed by atoms with van der Waals surface area (Å²) in [5.41, 5.74) is 2.17. The molecule has 2 N–H and O–H groups in total. The topological polar surface area (TPSA) is 105 Å². The number of fused-ring (bicyclic) bond motifs is 1. The molecule has 9 heteroatoms. The van der Waals surface area contributed by atoms with Gasteiger partial charge < -0.3 is 15.4 Å². The second-order valence-corrected chi connectivity index (χ2v) is 9.75. The van der Waals surface area contributed by atoms with Crippen LogP contribution in [0.15, 0.2) is 47.4 Å². The highest BCUT2D eigenvalue weighted by molar-refractivity contribution is 7.89. The molecule has 1 aliphatic rings. The van der Waals surface area contributed by atoms with Gasteiger partial charge in [-0.25, -0.2) is 8.42 Å². The Kier molecular flexibility index (Phi) is 8.10. The van der Waals surface area contributed by atoms with Gasteiger partial charge in [-0.15, -0.1) is 0 Å². The number of carbonyl (C=O) groups is 2. The zero-order valence-corrected chi connectivity index (χ0v) is 20.1. The Morgan fingerprint density at radius 2 is 1.88 bits per heavy atom. The Morgan fingerprint density at radius 3 is 2.58 bits per heavy atom. The molecular formula is C24H31N3O5S. The zero-order chi connectivity index (χ0) is 24.0. The molecule has 1 aliphatic heterocycles. The first-order valence-electron chi connectivity index (χ1n) is 11.3. The van der Waals surface area contributed by atoms with Gasteiger partial charge in [0.25, 0.3) is 0 Å². The molecule has 0 fully saturated rings. The quantitative estimate of drug-likeness (QED) is 0.548. The standard InChI is InChI=1S/C24H31N3O5S/c1-4-27(5-2)33(30,31)19-12-13-22(32-6-3)21(16-19)25-23(28)14-11-18-15-17-9-7-8-10-20(17)26-24(18)29/h7-10,12-13,16,18H,4-6,11,14-15H2,1-3H3,(H,25,28)(H,26,29). The summed E-state index contributed by atoms with van der Waals surface area (Å²) in [5.74, 6) is -0.302. The van der Waals surface area contributed by atoms with Crippen LogP contribution in [0.1, 0.15) is 39.2 Å². The molecule has 0 aromatic heterocycles. The van der Waals surface area contributed by atoms with Crippen molar-refractivity contribution in [3.8, 4) is 5.75 Å². The van der Waals surface area contributed by atoms with Gasteiger partial charge in [0.15, 0.2) is 0 Å². The molecule has 3 rings (SSSR count). The minimum Gasteiger partial charge on any atom is -0.492 e. The summed E-state index contributed by atoms with van der Waals surface area (Å²) in [6, 6.07) is 12.1. The van der Waals surface area contributed by atoms with Gasteiger partial charge in [0, 0.05) is 31.1 Å². The molecule has 0 bridgehead atoms. The van der Waals surface area contributed by atoms with Crippen LogP contribution in [-0.2, 0) is 26.0 Å². The molecule has 0 saturated carbocycles. The van der Waals surface area contributed by atoms with E-state index in [1.165, 1.54) is 16.4 Å². The van der Waals surface area contributed by atoms with Crippen molar-refractivity contribution in [3.63, 3.8) is 0 Å². The highest BCUT2D eigenvalue weighted by atomic mass is 32.2. The van der Waals surface area contributed by atoms with Crippen LogP contribution in [0, 0.1) is 5.92 Å². The molecule has 178 valence electrons. The Labute approximate surface area is 195 Å². The van der Waals surface area contributed by atoms with E-state index >= 15 is 0 Å². The summed E-state index contributed by atoms with van der Waals surface area (Å²) in [7, 11) is -3.68. The molecule has 1 atom stereocenters. The lowest BCUT2D eigenvalue weighted by Gasteiger charge is -2.24. The van der Waals surface area contributed by atoms with E-state index in [4.69, 9.17) is 4.74 Å². The Balaban J connectivity index is 1.72. The predicted molar refractivity (Wildman–Crippen MR) is 128 cm³/mol. The average molecular weight is 474 g/mol. The van der Waals surface area contributed by atoms with Gasteiger partial charge in [-0.1, -0.05) is 32.0 Å². The molecule has 0 aliphatic carbocycles. The number of hydrogen-bond acceptors (Lipinski definition) is 5. The first-order chi connectivity index (χ1) is 15.8. The third-order valence-electron chi connectivity index (χ3n) is 5.70. The number of nitrogens with zero attached hydrogens (tertiary/aromatic N) is 1. The average Bonchev–Trinajstić information content (AvgIpc) is 2.79. The number of sulfonamides is 1. The van der Waals surface area contributed by atoms with Crippen molar-refractivity contribution in [2.45, 2.75) is 44.9 Å². The van der Waals surface area contributed by atoms with E-state index in [2.05, 4.69) is 10.6 Å². The molecule has 0 spiro atoms. The van der Waals surface area contributed by atoms with Crippen molar-refractivity contribution in [2.75, 3.05) is 30.3 Å². The van der Waals surface area contributed by atoms with Crippen LogP contribution >= 0.6 is 0 Å². The van der Waals surface area contributed by atoms with E-state index in [0.717, 1.165) is 11.3 Å². The number of carbonyl (C=O) groups excluding carboxylic acids is 2. The summed E-state index contributed by atoms with van der Waals surface area (Å²) in [5, 5.41) is 5.67. The smallest absolute Gasteiger partial charge is 0.243 e. The van der Waals surface area contributed by atoms with Gasteiger partial charge in [-0.05, 0) is 49.6 Å². The first kappa shape index (κ1) is 24.7. The van der Waals surface area contributed by atoms with Crippen LogP contribution in [-0.4, -0.2) is 44.2 Å². The summed E-state index contributed by atoms with van der Waals surface area (Å²) >= 11 is 0. The highest BCUT2D eigenvalue weighted by Gasteiger charge is 2.27. The van der Waals surface area contributed by atoms with E-state index < -0.39 is 10.0 Å². The lowest BCUT2D eigenvalue weighted by atomic mass is 9.89. The van der Waals surface area contributed by atoms with Crippen LogP contribution in [0.2, 0.25) is 0 Å². The summed E-state index contributed by atoms with van der Waals surface area (Å²) < 4.78 is 32.7. The first-order valence-corrected chi connectivity index (χ1v) is 12.7. The number of hydrogen-bond donors (Lipinski definition) is 2. The molecule has 8 nitrogen and oxygen atoms in total. The molecule has 1 heterocycles. The summed E-state index contributed by atoms with van der Waals surface area (Å²) in [6.07, 6.45) is 1.09. The number of nitrogens with one attached hydrogen (secondary N) is 2. The Hall–Kier alpha value is -2.91. The predicted octanol–water partition coefficient (Wildman–Crippen LogP) is 3.65. The fraction of sp³-hybridized carbons (Fsp3) is 0.417. The maximum atomic E-state index is 12.9. The van der Waals surface area contributed by atoms with Gasteiger partial charge in [0.1, 0.15) is 5.75 Å². The van der Waals surface area contributed by atoms with Crippen molar-refractivity contribution >= 4 is 33.2 Å². The molecule has 2 amide bonds. The fourth-order valence-corrected chi connectivity index (χ4v) is 5.41. The minimum absolute atomic E-state index is 0.0909. The Bertz CT molecular complexity index is 1110. The van der Waals surface area contributed by atoms with Crippen LogP contribution in [0.25, 0.3) is 0 Å². The van der Waals surface area contributed by atoms with Crippen molar-refractivity contribution in [1.29, 1.82) is 0 Å². The zero-order valence-electron chi connectivity index (χ0n) is 19.3. The monoisotopic (exact) mass is 473 g/mol. The highest BCUT2D eigenvalue weighted by Crippen LogP contribution is 2.31. The normalized spacial score (nSPS) is 15.6. The second-order valence-electron chi connectivity index (χ2n) is 7.81. The summed E-state index contributed by atoms with van der Waals surface area (Å²) in [4.78, 5) is 25.2. The van der Waals surface area contributed by atoms with E-state index in [1.807, 2.05) is 31.2 Å². The second kappa shape index (κ2) is 10.8. The molecule has 0 radical (unpaired) electrons. The van der Waals surface area contributed by atoms with Crippen LogP contribution in [0.4, 0.5) is 11.4 Å². The number of rotatable bonds is 10. The van der Waals surface area contributed by atoms with Crippen LogP contribution in [0.3, 0.4) is 0 Å². The minimum atomic E-state index is -3.68. The largest absolute Gasteiger partial charge is 0.492 e. The van der Waals surface area contributed by atoms with Crippen LogP contribution < -0.4 is 15.4 Å². The molecule has 2 aromatic carbocycles. The third-order valence-corrected chi connectivity index (χ3v) is 7.75. The summed E-state index contributed by atoms with van der Waals surface area (Å²) in [6.45, 7) is 6.43. The fourth-order valence-electron chi connectivity index (χ4n) is 3.93. The van der Waals surface area contributed by atoms with Gasteiger partial charge in [0.05, 0.1) is 17.2 Å². The molecular weight excluding hydrogens is 442 g/mol. The number of amides is 2. The van der Waals surface area contributed by atoms with Gasteiger partial charge in [-0.3, -0.25) is 9.59 Å².